The van der Waals surface area contributed by atoms with E-state index in [2.05, 4.69) is 9.97 Å². The number of hydrogen-bond acceptors (Lipinski definition) is 3. The third-order valence-electron chi connectivity index (χ3n) is 2.44. The van der Waals surface area contributed by atoms with Crippen molar-refractivity contribution in [3.63, 3.8) is 0 Å². The van der Waals surface area contributed by atoms with Gasteiger partial charge in [-0.3, -0.25) is 4.90 Å². The molecule has 1 aliphatic rings. The second-order valence-electron chi connectivity index (χ2n) is 3.39. The first-order valence-electron chi connectivity index (χ1n) is 4.65. The van der Waals surface area contributed by atoms with Crippen molar-refractivity contribution in [2.24, 2.45) is 0 Å². The molecule has 1 aromatic rings. The highest BCUT2D eigenvalue weighted by Crippen LogP contribution is 2.29. The van der Waals surface area contributed by atoms with Crippen molar-refractivity contribution in [1.29, 1.82) is 0 Å². The smallest absolute Gasteiger partial charge is 0.407 e. The molecule has 0 bridgehead atoms. The molecule has 0 spiro atoms. The Labute approximate surface area is 91.7 Å². The molecule has 15 heavy (non-hydrogen) atoms. The zero-order valence-electron chi connectivity index (χ0n) is 7.93. The summed E-state index contributed by atoms with van der Waals surface area (Å²) in [6, 6.07) is -0.222. The van der Waals surface area contributed by atoms with Gasteiger partial charge in [-0.05, 0) is 12.8 Å². The van der Waals surface area contributed by atoms with Gasteiger partial charge in [0.15, 0.2) is 5.82 Å². The second-order valence-corrected chi connectivity index (χ2v) is 3.83. The minimum atomic E-state index is -0.920. The highest BCUT2D eigenvalue weighted by Gasteiger charge is 2.31. The van der Waals surface area contributed by atoms with Gasteiger partial charge in [0.2, 0.25) is 0 Å². The van der Waals surface area contributed by atoms with Gasteiger partial charge in [-0.25, -0.2) is 14.8 Å². The molecule has 2 heterocycles. The van der Waals surface area contributed by atoms with E-state index < -0.39 is 6.09 Å². The highest BCUT2D eigenvalue weighted by molar-refractivity contribution is 6.30. The molecule has 1 aliphatic heterocycles. The van der Waals surface area contributed by atoms with E-state index in [0.29, 0.717) is 17.4 Å². The van der Waals surface area contributed by atoms with Crippen LogP contribution < -0.4 is 0 Å². The lowest BCUT2D eigenvalue weighted by Gasteiger charge is -2.19. The summed E-state index contributed by atoms with van der Waals surface area (Å²) in [6.45, 7) is 0.548. The van der Waals surface area contributed by atoms with Gasteiger partial charge in [-0.15, -0.1) is 0 Å². The number of halogens is 1. The number of hydrogen-bond donors (Lipinski definition) is 1. The van der Waals surface area contributed by atoms with Crippen molar-refractivity contribution in [3.8, 4) is 0 Å². The molecule has 6 heteroatoms. The standard InChI is InChI=1S/C9H10ClN3O2/c10-6-4-11-8(12-5-6)7-2-1-3-13(7)9(14)15/h4-5,7H,1-3H2,(H,14,15). The first kappa shape index (κ1) is 10.2. The van der Waals surface area contributed by atoms with E-state index in [4.69, 9.17) is 16.7 Å². The van der Waals surface area contributed by atoms with Crippen LogP contribution in [0.5, 0.6) is 0 Å². The molecule has 5 nitrogen and oxygen atoms in total. The number of carboxylic acid groups (broad SMARTS) is 1. The van der Waals surface area contributed by atoms with Crippen LogP contribution in [-0.4, -0.2) is 32.6 Å². The molecular weight excluding hydrogens is 218 g/mol. The predicted molar refractivity (Wildman–Crippen MR) is 53.7 cm³/mol. The number of carbonyl (C=O) groups is 1. The minimum absolute atomic E-state index is 0.222. The van der Waals surface area contributed by atoms with Crippen LogP contribution in [0.4, 0.5) is 4.79 Å². The fourth-order valence-corrected chi connectivity index (χ4v) is 1.86. The van der Waals surface area contributed by atoms with Crippen molar-refractivity contribution < 1.29 is 9.90 Å². The normalized spacial score (nSPS) is 20.6. The SMILES string of the molecule is O=C(O)N1CCCC1c1ncc(Cl)cn1. The number of likely N-dealkylation sites (tertiary alicyclic amines) is 1. The Morgan fingerprint density at radius 2 is 2.20 bits per heavy atom. The molecule has 1 saturated heterocycles. The molecule has 80 valence electrons. The largest absolute Gasteiger partial charge is 0.465 e. The van der Waals surface area contributed by atoms with Gasteiger partial charge < -0.3 is 5.11 Å². The summed E-state index contributed by atoms with van der Waals surface area (Å²) in [7, 11) is 0. The second kappa shape index (κ2) is 4.02. The van der Waals surface area contributed by atoms with E-state index in [9.17, 15) is 4.79 Å². The van der Waals surface area contributed by atoms with Gasteiger partial charge in [0.05, 0.1) is 11.1 Å². The first-order chi connectivity index (χ1) is 7.18. The van der Waals surface area contributed by atoms with Crippen molar-refractivity contribution in [2.45, 2.75) is 18.9 Å². The van der Waals surface area contributed by atoms with Crippen molar-refractivity contribution in [3.05, 3.63) is 23.2 Å². The molecule has 1 amide bonds. The van der Waals surface area contributed by atoms with Crippen LogP contribution >= 0.6 is 11.6 Å². The highest BCUT2D eigenvalue weighted by atomic mass is 35.5. The lowest BCUT2D eigenvalue weighted by Crippen LogP contribution is -2.29. The summed E-state index contributed by atoms with van der Waals surface area (Å²) in [6.07, 6.45) is 3.68. The quantitative estimate of drug-likeness (QED) is 0.796. The summed E-state index contributed by atoms with van der Waals surface area (Å²) >= 11 is 5.66. The predicted octanol–water partition coefficient (Wildman–Crippen LogP) is 1.94. The van der Waals surface area contributed by atoms with E-state index in [1.54, 1.807) is 0 Å². The van der Waals surface area contributed by atoms with E-state index in [1.807, 2.05) is 0 Å². The lowest BCUT2D eigenvalue weighted by molar-refractivity contribution is 0.138. The molecule has 0 radical (unpaired) electrons. The van der Waals surface area contributed by atoms with Crippen molar-refractivity contribution >= 4 is 17.7 Å². The fraction of sp³-hybridized carbons (Fsp3) is 0.444. The summed E-state index contributed by atoms with van der Waals surface area (Å²) < 4.78 is 0. The molecule has 2 rings (SSSR count). The van der Waals surface area contributed by atoms with E-state index in [0.717, 1.165) is 12.8 Å². The Morgan fingerprint density at radius 1 is 1.53 bits per heavy atom. The molecular formula is C9H10ClN3O2. The maximum absolute atomic E-state index is 10.9. The summed E-state index contributed by atoms with van der Waals surface area (Å²) in [5.41, 5.74) is 0. The first-order valence-corrected chi connectivity index (χ1v) is 5.03. The molecule has 0 saturated carbocycles. The van der Waals surface area contributed by atoms with Crippen LogP contribution in [0.25, 0.3) is 0 Å². The van der Waals surface area contributed by atoms with Crippen molar-refractivity contribution in [2.75, 3.05) is 6.54 Å². The third kappa shape index (κ3) is 2.02. The Bertz CT molecular complexity index is 368. The van der Waals surface area contributed by atoms with Crippen molar-refractivity contribution in [1.82, 2.24) is 14.9 Å². The van der Waals surface area contributed by atoms with E-state index in [1.165, 1.54) is 17.3 Å². The molecule has 0 aromatic carbocycles. The summed E-state index contributed by atoms with van der Waals surface area (Å²) in [4.78, 5) is 20.4. The Balaban J connectivity index is 2.22. The fourth-order valence-electron chi connectivity index (χ4n) is 1.76. The van der Waals surface area contributed by atoms with Crippen LogP contribution in [0, 0.1) is 0 Å². The maximum Gasteiger partial charge on any atom is 0.407 e. The Hall–Kier alpha value is -1.36. The zero-order chi connectivity index (χ0) is 10.8. The molecule has 0 aliphatic carbocycles. The Kier molecular flexibility index (Phi) is 2.73. The average Bonchev–Trinajstić information content (AvgIpc) is 2.67. The molecule has 1 unspecified atom stereocenters. The number of nitrogens with zero attached hydrogens (tertiary/aromatic N) is 3. The third-order valence-corrected chi connectivity index (χ3v) is 2.63. The van der Waals surface area contributed by atoms with Gasteiger partial charge in [0.25, 0.3) is 0 Å². The summed E-state index contributed by atoms with van der Waals surface area (Å²) in [5, 5.41) is 9.40. The monoisotopic (exact) mass is 227 g/mol. The van der Waals surface area contributed by atoms with Crippen LogP contribution in [0.1, 0.15) is 24.7 Å². The van der Waals surface area contributed by atoms with Crippen LogP contribution in [0.15, 0.2) is 12.4 Å². The summed E-state index contributed by atoms with van der Waals surface area (Å²) in [5.74, 6) is 0.527. The lowest BCUT2D eigenvalue weighted by atomic mass is 10.2. The van der Waals surface area contributed by atoms with Crippen LogP contribution in [0.2, 0.25) is 5.02 Å². The molecule has 1 N–H and O–H groups in total. The van der Waals surface area contributed by atoms with Crippen LogP contribution in [-0.2, 0) is 0 Å². The average molecular weight is 228 g/mol. The van der Waals surface area contributed by atoms with E-state index >= 15 is 0 Å². The topological polar surface area (TPSA) is 66.3 Å². The zero-order valence-corrected chi connectivity index (χ0v) is 8.68. The maximum atomic E-state index is 10.9. The minimum Gasteiger partial charge on any atom is -0.465 e. The number of rotatable bonds is 1. The van der Waals surface area contributed by atoms with Gasteiger partial charge in [0.1, 0.15) is 0 Å². The van der Waals surface area contributed by atoms with E-state index in [-0.39, 0.29) is 6.04 Å². The van der Waals surface area contributed by atoms with Gasteiger partial charge in [0, 0.05) is 18.9 Å². The molecule has 1 aromatic heterocycles. The molecule has 1 fully saturated rings. The van der Waals surface area contributed by atoms with Gasteiger partial charge in [-0.2, -0.15) is 0 Å². The van der Waals surface area contributed by atoms with Crippen LogP contribution in [0.3, 0.4) is 0 Å². The van der Waals surface area contributed by atoms with Gasteiger partial charge in [-0.1, -0.05) is 11.6 Å². The number of aromatic nitrogens is 2. The Morgan fingerprint density at radius 3 is 2.80 bits per heavy atom. The molecule has 1 atom stereocenters. The number of amides is 1. The van der Waals surface area contributed by atoms with Gasteiger partial charge >= 0.3 is 6.09 Å².